The fraction of sp³-hybridized carbons (Fsp3) is 1.00. The molecule has 0 aromatic heterocycles. The first-order valence-corrected chi connectivity index (χ1v) is 4.53. The minimum absolute atomic E-state index is 0.289. The molecule has 0 radical (unpaired) electrons. The van der Waals surface area contributed by atoms with Gasteiger partial charge in [0.1, 0.15) is 0 Å². The Hall–Kier alpha value is -0.0800. The Labute approximate surface area is 69.8 Å². The molecule has 0 aromatic rings. The van der Waals surface area contributed by atoms with Gasteiger partial charge in [0.05, 0.1) is 0 Å². The lowest BCUT2D eigenvalue weighted by Gasteiger charge is -2.42. The zero-order valence-electron chi connectivity index (χ0n) is 8.07. The molecule has 1 saturated heterocycles. The molecule has 0 aromatic carbocycles. The van der Waals surface area contributed by atoms with Crippen LogP contribution in [-0.2, 0) is 0 Å². The molecular weight excluding hydrogens is 136 g/mol. The van der Waals surface area contributed by atoms with Gasteiger partial charge >= 0.3 is 0 Å². The third-order valence-electron chi connectivity index (χ3n) is 2.79. The van der Waals surface area contributed by atoms with E-state index in [9.17, 15) is 0 Å². The van der Waals surface area contributed by atoms with E-state index in [1.165, 1.54) is 0 Å². The highest BCUT2D eigenvalue weighted by atomic mass is 15.1. The van der Waals surface area contributed by atoms with E-state index < -0.39 is 0 Å². The van der Waals surface area contributed by atoms with Crippen LogP contribution in [0.5, 0.6) is 0 Å². The molecule has 2 N–H and O–H groups in total. The summed E-state index contributed by atoms with van der Waals surface area (Å²) in [7, 11) is 0. The van der Waals surface area contributed by atoms with Crippen molar-refractivity contribution in [2.75, 3.05) is 13.1 Å². The lowest BCUT2D eigenvalue weighted by atomic mass is 9.86. The second kappa shape index (κ2) is 3.11. The molecule has 2 nitrogen and oxygen atoms in total. The van der Waals surface area contributed by atoms with Crippen LogP contribution in [-0.4, -0.2) is 24.7 Å². The molecule has 0 spiro atoms. The number of rotatable bonds is 1. The lowest BCUT2D eigenvalue weighted by molar-refractivity contribution is 0.190. The summed E-state index contributed by atoms with van der Waals surface area (Å²) in [5, 5.41) is 7.07. The highest BCUT2D eigenvalue weighted by Crippen LogP contribution is 2.18. The molecule has 66 valence electrons. The normalized spacial score (nSPS) is 39.5. The molecule has 1 heterocycles. The Bertz CT molecular complexity index is 134. The molecule has 11 heavy (non-hydrogen) atoms. The first-order chi connectivity index (χ1) is 5.04. The number of hydrogen-bond acceptors (Lipinski definition) is 2. The molecule has 1 aliphatic heterocycles. The van der Waals surface area contributed by atoms with Gasteiger partial charge in [-0.2, -0.15) is 0 Å². The molecule has 1 fully saturated rings. The predicted octanol–water partition coefficient (Wildman–Crippen LogP) is 0.982. The van der Waals surface area contributed by atoms with Crippen molar-refractivity contribution in [3.05, 3.63) is 0 Å². The van der Waals surface area contributed by atoms with Crippen molar-refractivity contribution in [3.8, 4) is 0 Å². The fourth-order valence-electron chi connectivity index (χ4n) is 1.58. The van der Waals surface area contributed by atoms with Crippen LogP contribution in [0.1, 0.15) is 27.7 Å². The van der Waals surface area contributed by atoms with Crippen molar-refractivity contribution in [1.82, 2.24) is 10.6 Å². The molecule has 2 unspecified atom stereocenters. The van der Waals surface area contributed by atoms with Crippen LogP contribution >= 0.6 is 0 Å². The second-order valence-electron chi connectivity index (χ2n) is 4.25. The van der Waals surface area contributed by atoms with E-state index in [1.54, 1.807) is 0 Å². The summed E-state index contributed by atoms with van der Waals surface area (Å²) in [6.07, 6.45) is 0. The first-order valence-electron chi connectivity index (χ1n) is 4.53. The molecule has 2 atom stereocenters. The smallest absolute Gasteiger partial charge is 0.0303 e. The topological polar surface area (TPSA) is 24.1 Å². The maximum atomic E-state index is 3.63. The Kier molecular flexibility index (Phi) is 2.55. The predicted molar refractivity (Wildman–Crippen MR) is 48.7 cm³/mol. The van der Waals surface area contributed by atoms with Crippen LogP contribution in [0, 0.1) is 5.92 Å². The van der Waals surface area contributed by atoms with Gasteiger partial charge in [0.2, 0.25) is 0 Å². The van der Waals surface area contributed by atoms with Crippen LogP contribution in [0.4, 0.5) is 0 Å². The number of piperazine rings is 1. The Morgan fingerprint density at radius 1 is 1.45 bits per heavy atom. The summed E-state index contributed by atoms with van der Waals surface area (Å²) in [6, 6.07) is 0.608. The third kappa shape index (κ3) is 1.94. The minimum atomic E-state index is 0.289. The summed E-state index contributed by atoms with van der Waals surface area (Å²) in [5.74, 6) is 0.692. The summed E-state index contributed by atoms with van der Waals surface area (Å²) in [6.45, 7) is 11.3. The van der Waals surface area contributed by atoms with Crippen molar-refractivity contribution in [3.63, 3.8) is 0 Å². The Morgan fingerprint density at radius 2 is 2.09 bits per heavy atom. The number of nitrogens with one attached hydrogen (secondary N) is 2. The van der Waals surface area contributed by atoms with Gasteiger partial charge in [-0.05, 0) is 19.8 Å². The van der Waals surface area contributed by atoms with Gasteiger partial charge in [-0.1, -0.05) is 13.8 Å². The third-order valence-corrected chi connectivity index (χ3v) is 2.79. The van der Waals surface area contributed by atoms with Gasteiger partial charge in [0.15, 0.2) is 0 Å². The van der Waals surface area contributed by atoms with Crippen molar-refractivity contribution < 1.29 is 0 Å². The molecular formula is C9H20N2. The monoisotopic (exact) mass is 156 g/mol. The van der Waals surface area contributed by atoms with Crippen molar-refractivity contribution >= 4 is 0 Å². The second-order valence-corrected chi connectivity index (χ2v) is 4.25. The van der Waals surface area contributed by atoms with Crippen molar-refractivity contribution in [1.29, 1.82) is 0 Å². The van der Waals surface area contributed by atoms with Gasteiger partial charge in [-0.3, -0.25) is 0 Å². The van der Waals surface area contributed by atoms with Gasteiger partial charge in [-0.15, -0.1) is 0 Å². The quantitative estimate of drug-likeness (QED) is 0.591. The van der Waals surface area contributed by atoms with Gasteiger partial charge in [0.25, 0.3) is 0 Å². The highest BCUT2D eigenvalue weighted by Gasteiger charge is 2.31. The Morgan fingerprint density at radius 3 is 2.45 bits per heavy atom. The van der Waals surface area contributed by atoms with Crippen LogP contribution in [0.15, 0.2) is 0 Å². The van der Waals surface area contributed by atoms with E-state index in [0.717, 1.165) is 13.1 Å². The average Bonchev–Trinajstić information content (AvgIpc) is 1.86. The summed E-state index contributed by atoms with van der Waals surface area (Å²) >= 11 is 0. The molecule has 1 rings (SSSR count). The summed E-state index contributed by atoms with van der Waals surface area (Å²) in [5.41, 5.74) is 0.289. The largest absolute Gasteiger partial charge is 0.313 e. The molecule has 0 saturated carbocycles. The maximum Gasteiger partial charge on any atom is 0.0303 e. The SMILES string of the molecule is CC1CNCC(C)(C(C)C)N1. The van der Waals surface area contributed by atoms with E-state index in [2.05, 4.69) is 38.3 Å². The fourth-order valence-corrected chi connectivity index (χ4v) is 1.58. The van der Waals surface area contributed by atoms with Crippen molar-refractivity contribution in [2.45, 2.75) is 39.3 Å². The average molecular weight is 156 g/mol. The molecule has 1 aliphatic rings. The van der Waals surface area contributed by atoms with Crippen LogP contribution < -0.4 is 10.6 Å². The molecule has 0 aliphatic carbocycles. The van der Waals surface area contributed by atoms with E-state index >= 15 is 0 Å². The first kappa shape index (κ1) is 9.01. The molecule has 0 amide bonds. The highest BCUT2D eigenvalue weighted by molar-refractivity contribution is 4.94. The van der Waals surface area contributed by atoms with E-state index in [0.29, 0.717) is 12.0 Å². The van der Waals surface area contributed by atoms with Crippen LogP contribution in [0.3, 0.4) is 0 Å². The lowest BCUT2D eigenvalue weighted by Crippen LogP contribution is -2.63. The van der Waals surface area contributed by atoms with Gasteiger partial charge < -0.3 is 10.6 Å². The zero-order chi connectivity index (χ0) is 8.48. The van der Waals surface area contributed by atoms with E-state index in [4.69, 9.17) is 0 Å². The van der Waals surface area contributed by atoms with Crippen molar-refractivity contribution in [2.24, 2.45) is 5.92 Å². The Balaban J connectivity index is 2.55. The minimum Gasteiger partial charge on any atom is -0.313 e. The molecule has 0 bridgehead atoms. The summed E-state index contributed by atoms with van der Waals surface area (Å²) < 4.78 is 0. The van der Waals surface area contributed by atoms with E-state index in [1.807, 2.05) is 0 Å². The number of hydrogen-bond donors (Lipinski definition) is 2. The van der Waals surface area contributed by atoms with Gasteiger partial charge in [-0.25, -0.2) is 0 Å². The maximum absolute atomic E-state index is 3.63. The summed E-state index contributed by atoms with van der Waals surface area (Å²) in [4.78, 5) is 0. The van der Waals surface area contributed by atoms with E-state index in [-0.39, 0.29) is 5.54 Å². The van der Waals surface area contributed by atoms with Crippen LogP contribution in [0.2, 0.25) is 0 Å². The standard InChI is InChI=1S/C9H20N2/c1-7(2)9(4)6-10-5-8(3)11-9/h7-8,10-11H,5-6H2,1-4H3. The zero-order valence-corrected chi connectivity index (χ0v) is 8.07. The molecule has 2 heteroatoms. The van der Waals surface area contributed by atoms with Crippen LogP contribution in [0.25, 0.3) is 0 Å². The van der Waals surface area contributed by atoms with Gasteiger partial charge in [0, 0.05) is 24.7 Å².